The minimum absolute atomic E-state index is 0.0154. The maximum absolute atomic E-state index is 11.7. The summed E-state index contributed by atoms with van der Waals surface area (Å²) in [4.78, 5) is 44.2. The highest BCUT2D eigenvalue weighted by Crippen LogP contribution is 2.23. The first kappa shape index (κ1) is 26.6. The number of hydrogen-bond donors (Lipinski definition) is 1. The Hall–Kier alpha value is -1.42. The van der Waals surface area contributed by atoms with Gasteiger partial charge in [-0.2, -0.15) is 0 Å². The van der Waals surface area contributed by atoms with Crippen molar-refractivity contribution in [3.05, 3.63) is 77.6 Å². The lowest BCUT2D eigenvalue weighted by Gasteiger charge is -2.03. The van der Waals surface area contributed by atoms with Crippen molar-refractivity contribution in [2.45, 2.75) is 19.8 Å². The van der Waals surface area contributed by atoms with Crippen LogP contribution in [0.3, 0.4) is 0 Å². The van der Waals surface area contributed by atoms with Crippen LogP contribution in [-0.2, 0) is 9.59 Å². The zero-order chi connectivity index (χ0) is 22.8. The van der Waals surface area contributed by atoms with Gasteiger partial charge < -0.3 is 9.90 Å². The smallest absolute Gasteiger partial charge is 0.328 e. The van der Waals surface area contributed by atoms with Crippen molar-refractivity contribution in [3.63, 3.8) is 0 Å². The summed E-state index contributed by atoms with van der Waals surface area (Å²) in [6, 6.07) is 10.5. The van der Waals surface area contributed by atoms with E-state index in [0.717, 1.165) is 25.6 Å². The molecule has 5 nitrogen and oxygen atoms in total. The lowest BCUT2D eigenvalue weighted by Crippen LogP contribution is -2.03. The van der Waals surface area contributed by atoms with Crippen molar-refractivity contribution >= 4 is 87.0 Å². The summed E-state index contributed by atoms with van der Waals surface area (Å²) in [6.07, 6.45) is 2.41. The summed E-state index contributed by atoms with van der Waals surface area (Å²) < 4.78 is 3.01. The molecular formula is C21H16Br4O5. The first-order chi connectivity index (χ1) is 14.0. The molecule has 9 heteroatoms. The summed E-state index contributed by atoms with van der Waals surface area (Å²) in [5, 5.41) is 8.37. The topological polar surface area (TPSA) is 88.5 Å². The molecule has 0 aromatic heterocycles. The van der Waals surface area contributed by atoms with Crippen LogP contribution >= 0.6 is 63.7 Å². The number of ketones is 3. The van der Waals surface area contributed by atoms with Gasteiger partial charge in [-0.15, -0.1) is 0 Å². The van der Waals surface area contributed by atoms with Gasteiger partial charge in [0.1, 0.15) is 5.78 Å². The summed E-state index contributed by atoms with van der Waals surface area (Å²) in [5.74, 6) is -1.48. The summed E-state index contributed by atoms with van der Waals surface area (Å²) in [6.45, 7) is 1.49. The zero-order valence-corrected chi connectivity index (χ0v) is 22.0. The summed E-state index contributed by atoms with van der Waals surface area (Å²) in [7, 11) is 0. The third-order valence-corrected chi connectivity index (χ3v) is 5.87. The van der Waals surface area contributed by atoms with E-state index in [2.05, 4.69) is 63.7 Å². The third kappa shape index (κ3) is 9.59. The van der Waals surface area contributed by atoms with Crippen molar-refractivity contribution in [1.82, 2.24) is 0 Å². The van der Waals surface area contributed by atoms with E-state index in [0.29, 0.717) is 22.0 Å². The van der Waals surface area contributed by atoms with Gasteiger partial charge >= 0.3 is 5.97 Å². The third-order valence-electron chi connectivity index (χ3n) is 3.50. The highest BCUT2D eigenvalue weighted by Gasteiger charge is 2.11. The molecule has 1 N–H and O–H groups in total. The summed E-state index contributed by atoms with van der Waals surface area (Å²) in [5.41, 5.74) is 1.03. The second-order valence-corrected chi connectivity index (χ2v) is 9.45. The van der Waals surface area contributed by atoms with Crippen LogP contribution in [0.1, 0.15) is 40.5 Å². The van der Waals surface area contributed by atoms with E-state index in [1.54, 1.807) is 24.3 Å². The molecule has 0 aliphatic rings. The van der Waals surface area contributed by atoms with Crippen molar-refractivity contribution in [1.29, 1.82) is 0 Å². The van der Waals surface area contributed by atoms with Crippen molar-refractivity contribution in [2.24, 2.45) is 0 Å². The van der Waals surface area contributed by atoms with Gasteiger partial charge in [-0.05, 0) is 49.4 Å². The minimum atomic E-state index is -1.14. The van der Waals surface area contributed by atoms with Crippen LogP contribution in [0.15, 0.2) is 66.4 Å². The van der Waals surface area contributed by atoms with Crippen LogP contribution in [0.4, 0.5) is 0 Å². The van der Waals surface area contributed by atoms with Crippen LogP contribution in [0.5, 0.6) is 0 Å². The fourth-order valence-electron chi connectivity index (χ4n) is 2.06. The van der Waals surface area contributed by atoms with Crippen LogP contribution in [0.2, 0.25) is 0 Å². The molecule has 0 radical (unpaired) electrons. The molecule has 2 rings (SSSR count). The van der Waals surface area contributed by atoms with Crippen LogP contribution in [0, 0.1) is 0 Å². The lowest BCUT2D eigenvalue weighted by molar-refractivity contribution is -0.131. The van der Waals surface area contributed by atoms with Gasteiger partial charge in [-0.3, -0.25) is 9.59 Å². The molecule has 0 heterocycles. The number of carbonyl (C=O) groups excluding carboxylic acids is 3. The zero-order valence-electron chi connectivity index (χ0n) is 15.6. The molecule has 0 amide bonds. The molecule has 30 heavy (non-hydrogen) atoms. The van der Waals surface area contributed by atoms with Gasteiger partial charge in [0.05, 0.1) is 0 Å². The maximum atomic E-state index is 11.7. The number of benzene rings is 2. The molecule has 2 aromatic rings. The van der Waals surface area contributed by atoms with E-state index in [9.17, 15) is 19.2 Å². The molecule has 2 aromatic carbocycles. The van der Waals surface area contributed by atoms with E-state index in [1.165, 1.54) is 6.92 Å². The molecule has 0 aliphatic heterocycles. The quantitative estimate of drug-likeness (QED) is 0.259. The van der Waals surface area contributed by atoms with Crippen molar-refractivity contribution < 1.29 is 24.3 Å². The number of carboxylic acid groups (broad SMARTS) is 1. The van der Waals surface area contributed by atoms with Gasteiger partial charge in [-0.25, -0.2) is 4.79 Å². The van der Waals surface area contributed by atoms with Crippen molar-refractivity contribution in [2.75, 3.05) is 0 Å². The van der Waals surface area contributed by atoms with E-state index in [1.807, 2.05) is 12.1 Å². The van der Waals surface area contributed by atoms with Crippen LogP contribution in [-0.4, -0.2) is 28.4 Å². The van der Waals surface area contributed by atoms with Gasteiger partial charge in [0.2, 0.25) is 0 Å². The van der Waals surface area contributed by atoms with Crippen LogP contribution in [0.25, 0.3) is 0 Å². The Labute approximate surface area is 207 Å². The monoisotopic (exact) mass is 664 g/mol. The first-order valence-corrected chi connectivity index (χ1v) is 11.6. The first-order valence-electron chi connectivity index (χ1n) is 8.39. The Kier molecular flexibility index (Phi) is 11.6. The van der Waals surface area contributed by atoms with E-state index >= 15 is 0 Å². The number of hydrogen-bond acceptors (Lipinski definition) is 4. The number of Topliss-reactive ketones (excluding diaryl/α,β-unsaturated/α-hetero) is 2. The number of aliphatic carboxylic acids is 1. The number of rotatable bonds is 7. The van der Waals surface area contributed by atoms with Crippen molar-refractivity contribution in [3.8, 4) is 0 Å². The predicted molar refractivity (Wildman–Crippen MR) is 129 cm³/mol. The second kappa shape index (κ2) is 13.1. The number of halogens is 4. The predicted octanol–water partition coefficient (Wildman–Crippen LogP) is 6.80. The average Bonchev–Trinajstić information content (AvgIpc) is 2.68. The molecule has 0 saturated heterocycles. The fraction of sp³-hybridized carbons (Fsp3) is 0.143. The molecule has 0 aliphatic carbocycles. The average molecular weight is 668 g/mol. The maximum Gasteiger partial charge on any atom is 0.328 e. The molecule has 0 spiro atoms. The Bertz CT molecular complexity index is 999. The largest absolute Gasteiger partial charge is 0.478 e. The van der Waals surface area contributed by atoms with Gasteiger partial charge in [0, 0.05) is 47.9 Å². The minimum Gasteiger partial charge on any atom is -0.478 e. The van der Waals surface area contributed by atoms with Gasteiger partial charge in [0.15, 0.2) is 11.6 Å². The van der Waals surface area contributed by atoms with E-state index in [-0.39, 0.29) is 23.8 Å². The highest BCUT2D eigenvalue weighted by atomic mass is 79.9. The second-order valence-electron chi connectivity index (χ2n) is 5.91. The Morgan fingerprint density at radius 1 is 0.800 bits per heavy atom. The molecule has 158 valence electrons. The number of allylic oxidation sites excluding steroid dienone is 1. The Morgan fingerprint density at radius 2 is 1.30 bits per heavy atom. The lowest BCUT2D eigenvalue weighted by atomic mass is 10.1. The Morgan fingerprint density at radius 3 is 1.80 bits per heavy atom. The van der Waals surface area contributed by atoms with Crippen LogP contribution < -0.4 is 0 Å². The summed E-state index contributed by atoms with van der Waals surface area (Å²) >= 11 is 13.1. The highest BCUT2D eigenvalue weighted by molar-refractivity contribution is 9.11. The normalized spacial score (nSPS) is 10.3. The van der Waals surface area contributed by atoms with E-state index < -0.39 is 5.97 Å². The molecule has 0 unspecified atom stereocenters. The van der Waals surface area contributed by atoms with Gasteiger partial charge in [0.25, 0.3) is 0 Å². The number of carboxylic acids is 1. The molecule has 0 fully saturated rings. The molecular weight excluding hydrogens is 652 g/mol. The van der Waals surface area contributed by atoms with Gasteiger partial charge in [-0.1, -0.05) is 63.7 Å². The molecule has 0 atom stereocenters. The number of carbonyl (C=O) groups is 4. The van der Waals surface area contributed by atoms with E-state index in [4.69, 9.17) is 5.11 Å². The SMILES string of the molecule is CC(=O)CCC(=O)c1cc(Br)ccc1Br.O=C(O)/C=C/C(=O)c1cc(Br)ccc1Br. The molecule has 0 saturated carbocycles. The fourth-order valence-corrected chi connectivity index (χ4v) is 3.69. The molecule has 0 bridgehead atoms. The Balaban J connectivity index is 0.000000300. The standard InChI is InChI=1S/C11H10Br2O2.C10H6Br2O3/c1-7(14)2-5-11(15)9-6-8(12)3-4-10(9)13;11-6-1-2-8(12)7(5-6)9(13)3-4-10(14)15/h3-4,6H,2,5H2,1H3;1-5H,(H,14,15)/b;4-3+.